The molecule has 0 spiro atoms. The van der Waals surface area contributed by atoms with Gasteiger partial charge in [0.25, 0.3) is 5.92 Å². The molecule has 0 N–H and O–H groups in total. The molecule has 6 atom stereocenters. The average molecular weight is 459 g/mol. The highest BCUT2D eigenvalue weighted by Gasteiger charge is 2.46. The normalized spacial score (nSPS) is 35.1. The SMILES string of the molecule is CC(C)C1C(C)CCCC1(F)F.CC(C)C1CCCCC1C.CC(C)C1CCOCC1C. The Morgan fingerprint density at radius 2 is 1.19 bits per heavy atom. The van der Waals surface area contributed by atoms with E-state index >= 15 is 0 Å². The van der Waals surface area contributed by atoms with Crippen molar-refractivity contribution in [2.24, 2.45) is 53.3 Å². The van der Waals surface area contributed by atoms with E-state index in [4.69, 9.17) is 4.74 Å². The maximum Gasteiger partial charge on any atom is 0.251 e. The van der Waals surface area contributed by atoms with Crippen molar-refractivity contribution in [3.8, 4) is 0 Å². The highest BCUT2D eigenvalue weighted by atomic mass is 19.3. The standard InChI is InChI=1S/C10H18F2.C10H20.C9H18O/c1-7(2)9-8(3)5-4-6-10(9,11)12;1-8(2)10-7-5-4-6-9(10)3;1-7(2)9-4-5-10-6-8(9)3/h7-9H,4-6H2,1-3H3;8-10H,4-7H2,1-3H3;7-9H,4-6H2,1-3H3. The Hall–Kier alpha value is -0.180. The van der Waals surface area contributed by atoms with E-state index in [1.807, 2.05) is 20.8 Å². The van der Waals surface area contributed by atoms with Gasteiger partial charge in [0.15, 0.2) is 0 Å². The summed E-state index contributed by atoms with van der Waals surface area (Å²) in [5.41, 5.74) is 0. The van der Waals surface area contributed by atoms with E-state index in [1.165, 1.54) is 32.1 Å². The van der Waals surface area contributed by atoms with Gasteiger partial charge in [-0.15, -0.1) is 0 Å². The molecule has 3 rings (SSSR count). The van der Waals surface area contributed by atoms with Crippen molar-refractivity contribution >= 4 is 0 Å². The molecule has 192 valence electrons. The molecule has 0 aromatic rings. The van der Waals surface area contributed by atoms with Gasteiger partial charge in [0, 0.05) is 25.6 Å². The molecule has 1 saturated heterocycles. The van der Waals surface area contributed by atoms with Crippen LogP contribution < -0.4 is 0 Å². The molecule has 3 heteroatoms. The minimum absolute atomic E-state index is 0.0974. The van der Waals surface area contributed by atoms with Crippen molar-refractivity contribution in [2.75, 3.05) is 13.2 Å². The van der Waals surface area contributed by atoms with Gasteiger partial charge < -0.3 is 4.74 Å². The Morgan fingerprint density at radius 3 is 1.56 bits per heavy atom. The summed E-state index contributed by atoms with van der Waals surface area (Å²) in [5, 5.41) is 0. The zero-order chi connectivity index (χ0) is 24.5. The molecule has 3 fully saturated rings. The van der Waals surface area contributed by atoms with Gasteiger partial charge in [-0.3, -0.25) is 0 Å². The number of rotatable bonds is 3. The van der Waals surface area contributed by atoms with Gasteiger partial charge >= 0.3 is 0 Å². The molecule has 3 aliphatic rings. The zero-order valence-corrected chi connectivity index (χ0v) is 22.9. The summed E-state index contributed by atoms with van der Waals surface area (Å²) in [4.78, 5) is 0. The van der Waals surface area contributed by atoms with Crippen LogP contribution >= 0.6 is 0 Å². The molecule has 0 aromatic heterocycles. The summed E-state index contributed by atoms with van der Waals surface area (Å²) in [6.07, 6.45) is 8.94. The fraction of sp³-hybridized carbons (Fsp3) is 1.00. The number of alkyl halides is 2. The molecule has 0 amide bonds. The molecule has 32 heavy (non-hydrogen) atoms. The van der Waals surface area contributed by atoms with Crippen molar-refractivity contribution in [1.29, 1.82) is 0 Å². The van der Waals surface area contributed by atoms with Gasteiger partial charge in [0.2, 0.25) is 0 Å². The second-order valence-corrected chi connectivity index (χ2v) is 12.3. The number of ether oxygens (including phenoxy) is 1. The highest BCUT2D eigenvalue weighted by Crippen LogP contribution is 2.45. The van der Waals surface area contributed by atoms with E-state index in [0.29, 0.717) is 6.42 Å². The third-order valence-electron chi connectivity index (χ3n) is 8.59. The first-order chi connectivity index (χ1) is 14.9. The van der Waals surface area contributed by atoms with Crippen molar-refractivity contribution in [2.45, 2.75) is 120 Å². The molecular formula is C29H56F2O. The molecule has 2 saturated carbocycles. The van der Waals surface area contributed by atoms with E-state index in [9.17, 15) is 8.78 Å². The third kappa shape index (κ3) is 9.59. The predicted molar refractivity (Wildman–Crippen MR) is 135 cm³/mol. The average Bonchev–Trinajstić information content (AvgIpc) is 2.68. The molecule has 1 aliphatic heterocycles. The Bertz CT molecular complexity index is 462. The van der Waals surface area contributed by atoms with Gasteiger partial charge in [-0.1, -0.05) is 88.0 Å². The fourth-order valence-electron chi connectivity index (χ4n) is 6.79. The van der Waals surface area contributed by atoms with Crippen LogP contribution in [0.4, 0.5) is 8.78 Å². The number of hydrogen-bond donors (Lipinski definition) is 0. The van der Waals surface area contributed by atoms with Crippen molar-refractivity contribution in [3.05, 3.63) is 0 Å². The summed E-state index contributed by atoms with van der Waals surface area (Å²) < 4.78 is 32.1. The molecular weight excluding hydrogens is 402 g/mol. The van der Waals surface area contributed by atoms with Crippen LogP contribution in [0.3, 0.4) is 0 Å². The topological polar surface area (TPSA) is 9.23 Å². The number of halogens is 2. The van der Waals surface area contributed by atoms with Gasteiger partial charge in [-0.25, -0.2) is 8.78 Å². The third-order valence-corrected chi connectivity index (χ3v) is 8.59. The maximum atomic E-state index is 13.4. The van der Waals surface area contributed by atoms with E-state index in [-0.39, 0.29) is 18.3 Å². The Morgan fingerprint density at radius 1 is 0.656 bits per heavy atom. The lowest BCUT2D eigenvalue weighted by molar-refractivity contribution is -0.122. The quantitative estimate of drug-likeness (QED) is 0.409. The van der Waals surface area contributed by atoms with Crippen LogP contribution in [0.15, 0.2) is 0 Å². The molecule has 2 aliphatic carbocycles. The lowest BCUT2D eigenvalue weighted by Gasteiger charge is -2.38. The van der Waals surface area contributed by atoms with Crippen LogP contribution in [-0.2, 0) is 4.74 Å². The summed E-state index contributed by atoms with van der Waals surface area (Å²) in [6, 6.07) is 0. The van der Waals surface area contributed by atoms with Crippen molar-refractivity contribution in [1.82, 2.24) is 0 Å². The predicted octanol–water partition coefficient (Wildman–Crippen LogP) is 9.50. The van der Waals surface area contributed by atoms with E-state index in [0.717, 1.165) is 55.1 Å². The largest absolute Gasteiger partial charge is 0.381 e. The lowest BCUT2D eigenvalue weighted by Crippen LogP contribution is -2.40. The van der Waals surface area contributed by atoms with Gasteiger partial charge in [-0.05, 0) is 66.6 Å². The second kappa shape index (κ2) is 14.3. The van der Waals surface area contributed by atoms with Crippen molar-refractivity contribution < 1.29 is 13.5 Å². The van der Waals surface area contributed by atoms with Crippen LogP contribution in [0.5, 0.6) is 0 Å². The molecule has 0 bridgehead atoms. The van der Waals surface area contributed by atoms with Crippen LogP contribution in [0.25, 0.3) is 0 Å². The van der Waals surface area contributed by atoms with E-state index in [1.54, 1.807) is 0 Å². The second-order valence-electron chi connectivity index (χ2n) is 12.3. The fourth-order valence-corrected chi connectivity index (χ4v) is 6.79. The van der Waals surface area contributed by atoms with Gasteiger partial charge in [-0.2, -0.15) is 0 Å². The van der Waals surface area contributed by atoms with Gasteiger partial charge in [0.05, 0.1) is 0 Å². The minimum Gasteiger partial charge on any atom is -0.381 e. The monoisotopic (exact) mass is 458 g/mol. The summed E-state index contributed by atoms with van der Waals surface area (Å²) in [6.45, 7) is 21.8. The first kappa shape index (κ1) is 29.9. The van der Waals surface area contributed by atoms with E-state index < -0.39 is 11.8 Å². The highest BCUT2D eigenvalue weighted by molar-refractivity contribution is 4.87. The molecule has 0 radical (unpaired) electrons. The molecule has 0 aromatic carbocycles. The maximum absolute atomic E-state index is 13.4. The molecule has 1 nitrogen and oxygen atoms in total. The molecule has 1 heterocycles. The Balaban J connectivity index is 0.000000241. The summed E-state index contributed by atoms with van der Waals surface area (Å²) in [7, 11) is 0. The first-order valence-corrected chi connectivity index (χ1v) is 13.8. The van der Waals surface area contributed by atoms with Crippen molar-refractivity contribution in [3.63, 3.8) is 0 Å². The Kier molecular flexibility index (Phi) is 13.3. The lowest BCUT2D eigenvalue weighted by atomic mass is 9.72. The molecule has 6 unspecified atom stereocenters. The first-order valence-electron chi connectivity index (χ1n) is 13.8. The Labute approximate surface area is 199 Å². The van der Waals surface area contributed by atoms with Crippen LogP contribution in [0.2, 0.25) is 0 Å². The minimum atomic E-state index is -2.41. The van der Waals surface area contributed by atoms with Crippen LogP contribution in [0.1, 0.15) is 114 Å². The number of hydrogen-bond acceptors (Lipinski definition) is 1. The van der Waals surface area contributed by atoms with Crippen LogP contribution in [0, 0.1) is 53.3 Å². The summed E-state index contributed by atoms with van der Waals surface area (Å²) >= 11 is 0. The van der Waals surface area contributed by atoms with Crippen LogP contribution in [-0.4, -0.2) is 19.1 Å². The summed E-state index contributed by atoms with van der Waals surface area (Å²) in [5.74, 6) is 2.92. The van der Waals surface area contributed by atoms with E-state index in [2.05, 4.69) is 41.5 Å². The zero-order valence-electron chi connectivity index (χ0n) is 22.9. The smallest absolute Gasteiger partial charge is 0.251 e. The van der Waals surface area contributed by atoms with Gasteiger partial charge in [0.1, 0.15) is 0 Å².